The molecule has 0 amide bonds. The summed E-state index contributed by atoms with van der Waals surface area (Å²) in [6.45, 7) is 5.59. The molecular formula is C26H27N3O3. The maximum Gasteiger partial charge on any atom is 0.170 e. The molecule has 1 saturated heterocycles. The molecule has 164 valence electrons. The lowest BCUT2D eigenvalue weighted by atomic mass is 9.81. The summed E-state index contributed by atoms with van der Waals surface area (Å²) in [5.74, 6) is 2.61. The molecule has 0 saturated carbocycles. The number of ketones is 1. The monoisotopic (exact) mass is 429 g/mol. The van der Waals surface area contributed by atoms with E-state index in [9.17, 15) is 4.79 Å². The van der Waals surface area contributed by atoms with Gasteiger partial charge in [-0.15, -0.1) is 10.2 Å². The Morgan fingerprint density at radius 3 is 2.41 bits per heavy atom. The number of piperidine rings is 1. The molecule has 2 aromatic carbocycles. The van der Waals surface area contributed by atoms with Crippen molar-refractivity contribution in [1.29, 1.82) is 0 Å². The smallest absolute Gasteiger partial charge is 0.170 e. The van der Waals surface area contributed by atoms with E-state index >= 15 is 0 Å². The number of rotatable bonds is 3. The zero-order valence-corrected chi connectivity index (χ0v) is 18.7. The Labute approximate surface area is 188 Å². The number of hydrogen-bond donors (Lipinski definition) is 0. The van der Waals surface area contributed by atoms with Crippen LogP contribution in [0.2, 0.25) is 0 Å². The minimum Gasteiger partial charge on any atom is -0.497 e. The summed E-state index contributed by atoms with van der Waals surface area (Å²) in [5.41, 5.74) is 4.29. The molecule has 0 atom stereocenters. The van der Waals surface area contributed by atoms with Gasteiger partial charge in [0.1, 0.15) is 17.1 Å². The molecule has 2 aliphatic heterocycles. The highest BCUT2D eigenvalue weighted by Crippen LogP contribution is 2.41. The van der Waals surface area contributed by atoms with Gasteiger partial charge in [0.15, 0.2) is 11.6 Å². The molecule has 5 rings (SSSR count). The fraction of sp³-hybridized carbons (Fsp3) is 0.346. The van der Waals surface area contributed by atoms with Crippen molar-refractivity contribution in [2.45, 2.75) is 38.7 Å². The lowest BCUT2D eigenvalue weighted by Gasteiger charge is -2.44. The van der Waals surface area contributed by atoms with Crippen molar-refractivity contribution in [2.24, 2.45) is 0 Å². The normalized spacial score (nSPS) is 17.1. The quantitative estimate of drug-likeness (QED) is 0.597. The maximum absolute atomic E-state index is 12.9. The van der Waals surface area contributed by atoms with Crippen molar-refractivity contribution < 1.29 is 14.3 Å². The van der Waals surface area contributed by atoms with E-state index in [-0.39, 0.29) is 5.78 Å². The number of aryl methyl sites for hydroxylation is 2. The summed E-state index contributed by atoms with van der Waals surface area (Å²) in [7, 11) is 1.65. The first-order chi connectivity index (χ1) is 15.5. The number of aromatic nitrogens is 2. The zero-order chi connectivity index (χ0) is 22.3. The standard InChI is InChI=1S/C26H27N3O3/c1-17-14-18(2)25-22(30)16-26(32-23(25)15-17)10-12-29(13-11-26)24-9-8-21(27-28-24)19-4-6-20(31-3)7-5-19/h4-9,14-15H,10-13,16H2,1-3H3. The number of fused-ring (bicyclic) bond motifs is 1. The molecule has 3 heterocycles. The summed E-state index contributed by atoms with van der Waals surface area (Å²) in [4.78, 5) is 15.2. The van der Waals surface area contributed by atoms with Gasteiger partial charge in [-0.25, -0.2) is 0 Å². The molecular weight excluding hydrogens is 402 g/mol. The first-order valence-corrected chi connectivity index (χ1v) is 11.0. The molecule has 0 bridgehead atoms. The van der Waals surface area contributed by atoms with E-state index in [1.807, 2.05) is 56.3 Å². The SMILES string of the molecule is COc1ccc(-c2ccc(N3CCC4(CC3)CC(=O)c3c(C)cc(C)cc3O4)nn2)cc1. The van der Waals surface area contributed by atoms with Gasteiger partial charge in [0, 0.05) is 31.5 Å². The molecule has 32 heavy (non-hydrogen) atoms. The van der Waals surface area contributed by atoms with Crippen LogP contribution in [0.15, 0.2) is 48.5 Å². The van der Waals surface area contributed by atoms with Crippen LogP contribution < -0.4 is 14.4 Å². The fourth-order valence-corrected chi connectivity index (χ4v) is 4.85. The average molecular weight is 430 g/mol. The number of carbonyl (C=O) groups excluding carboxylic acids is 1. The number of anilines is 1. The molecule has 6 nitrogen and oxygen atoms in total. The van der Waals surface area contributed by atoms with Crippen LogP contribution >= 0.6 is 0 Å². The molecule has 0 aliphatic carbocycles. The second kappa shape index (κ2) is 7.93. The van der Waals surface area contributed by atoms with Crippen molar-refractivity contribution in [2.75, 3.05) is 25.1 Å². The van der Waals surface area contributed by atoms with Crippen LogP contribution in [-0.2, 0) is 0 Å². The van der Waals surface area contributed by atoms with Crippen LogP contribution in [0, 0.1) is 13.8 Å². The van der Waals surface area contributed by atoms with Crippen LogP contribution in [0.3, 0.4) is 0 Å². The van der Waals surface area contributed by atoms with E-state index in [0.29, 0.717) is 6.42 Å². The summed E-state index contributed by atoms with van der Waals surface area (Å²) >= 11 is 0. The predicted octanol–water partition coefficient (Wildman–Crippen LogP) is 4.77. The number of benzene rings is 2. The van der Waals surface area contributed by atoms with Crippen LogP contribution in [0.5, 0.6) is 11.5 Å². The first-order valence-electron chi connectivity index (χ1n) is 11.0. The number of Topliss-reactive ketones (excluding diaryl/α,β-unsaturated/α-hetero) is 1. The van der Waals surface area contributed by atoms with Gasteiger partial charge in [-0.05, 0) is 67.4 Å². The van der Waals surface area contributed by atoms with Crippen LogP contribution in [-0.4, -0.2) is 41.8 Å². The van der Waals surface area contributed by atoms with Crippen molar-refractivity contribution in [3.05, 3.63) is 65.2 Å². The minimum atomic E-state index is -0.419. The zero-order valence-electron chi connectivity index (χ0n) is 18.7. The summed E-state index contributed by atoms with van der Waals surface area (Å²) in [6, 6.07) is 15.9. The van der Waals surface area contributed by atoms with E-state index in [4.69, 9.17) is 9.47 Å². The Bertz CT molecular complexity index is 1150. The Balaban J connectivity index is 1.29. The first kappa shape index (κ1) is 20.5. The average Bonchev–Trinajstić information content (AvgIpc) is 2.79. The maximum atomic E-state index is 12.9. The number of ether oxygens (including phenoxy) is 2. The molecule has 2 aliphatic rings. The highest BCUT2D eigenvalue weighted by molar-refractivity contribution is 6.01. The van der Waals surface area contributed by atoms with E-state index in [2.05, 4.69) is 21.2 Å². The van der Waals surface area contributed by atoms with E-state index in [1.54, 1.807) is 7.11 Å². The topological polar surface area (TPSA) is 64.5 Å². The molecule has 1 fully saturated rings. The second-order valence-electron chi connectivity index (χ2n) is 8.83. The lowest BCUT2D eigenvalue weighted by molar-refractivity contribution is 0.0229. The van der Waals surface area contributed by atoms with Crippen molar-refractivity contribution in [3.8, 4) is 22.8 Å². The summed E-state index contributed by atoms with van der Waals surface area (Å²) in [5, 5.41) is 8.89. The van der Waals surface area contributed by atoms with Gasteiger partial charge in [-0.2, -0.15) is 0 Å². The van der Waals surface area contributed by atoms with Gasteiger partial charge >= 0.3 is 0 Å². The van der Waals surface area contributed by atoms with Gasteiger partial charge in [-0.3, -0.25) is 4.79 Å². The van der Waals surface area contributed by atoms with Crippen LogP contribution in [0.25, 0.3) is 11.3 Å². The van der Waals surface area contributed by atoms with Crippen molar-refractivity contribution in [3.63, 3.8) is 0 Å². The highest BCUT2D eigenvalue weighted by Gasteiger charge is 2.43. The Morgan fingerprint density at radius 1 is 1.00 bits per heavy atom. The lowest BCUT2D eigenvalue weighted by Crippen LogP contribution is -2.51. The third-order valence-corrected chi connectivity index (χ3v) is 6.57. The minimum absolute atomic E-state index is 0.195. The molecule has 3 aromatic rings. The number of methoxy groups -OCH3 is 1. The number of hydrogen-bond acceptors (Lipinski definition) is 6. The van der Waals surface area contributed by atoms with E-state index < -0.39 is 5.60 Å². The van der Waals surface area contributed by atoms with Crippen LogP contribution in [0.1, 0.15) is 40.7 Å². The predicted molar refractivity (Wildman–Crippen MR) is 124 cm³/mol. The largest absolute Gasteiger partial charge is 0.497 e. The van der Waals surface area contributed by atoms with Gasteiger partial charge in [0.2, 0.25) is 0 Å². The van der Waals surface area contributed by atoms with Gasteiger partial charge in [0.05, 0.1) is 24.8 Å². The van der Waals surface area contributed by atoms with Crippen molar-refractivity contribution >= 4 is 11.6 Å². The van der Waals surface area contributed by atoms with E-state index in [1.165, 1.54) is 0 Å². The Kier molecular flexibility index (Phi) is 5.08. The van der Waals surface area contributed by atoms with Crippen molar-refractivity contribution in [1.82, 2.24) is 10.2 Å². The van der Waals surface area contributed by atoms with E-state index in [0.717, 1.165) is 71.2 Å². The molecule has 0 N–H and O–H groups in total. The second-order valence-corrected chi connectivity index (χ2v) is 8.83. The van der Waals surface area contributed by atoms with Gasteiger partial charge in [-0.1, -0.05) is 6.07 Å². The Morgan fingerprint density at radius 2 is 1.75 bits per heavy atom. The molecule has 1 aromatic heterocycles. The third-order valence-electron chi connectivity index (χ3n) is 6.57. The molecule has 0 unspecified atom stereocenters. The molecule has 6 heteroatoms. The third kappa shape index (κ3) is 3.70. The highest BCUT2D eigenvalue weighted by atomic mass is 16.5. The number of nitrogens with zero attached hydrogens (tertiary/aromatic N) is 3. The van der Waals surface area contributed by atoms with Gasteiger partial charge in [0.25, 0.3) is 0 Å². The summed E-state index contributed by atoms with van der Waals surface area (Å²) < 4.78 is 11.7. The Hall–Kier alpha value is -3.41. The van der Waals surface area contributed by atoms with Crippen LogP contribution in [0.4, 0.5) is 5.82 Å². The number of carbonyl (C=O) groups is 1. The fourth-order valence-electron chi connectivity index (χ4n) is 4.85. The molecule has 0 radical (unpaired) electrons. The summed E-state index contributed by atoms with van der Waals surface area (Å²) in [6.07, 6.45) is 2.01. The molecule has 1 spiro atoms. The van der Waals surface area contributed by atoms with Gasteiger partial charge < -0.3 is 14.4 Å².